The first kappa shape index (κ1) is 11.7. The molecule has 2 rings (SSSR count). The van der Waals surface area contributed by atoms with Crippen LogP contribution in [0.25, 0.3) is 11.3 Å². The van der Waals surface area contributed by atoms with Crippen LogP contribution in [0.15, 0.2) is 28.8 Å². The van der Waals surface area contributed by atoms with Gasteiger partial charge >= 0.3 is 0 Å². The van der Waals surface area contributed by atoms with E-state index in [1.54, 1.807) is 6.07 Å². The van der Waals surface area contributed by atoms with Gasteiger partial charge in [0.1, 0.15) is 5.69 Å². The van der Waals surface area contributed by atoms with E-state index in [0.29, 0.717) is 23.4 Å². The van der Waals surface area contributed by atoms with Crippen molar-refractivity contribution in [2.75, 3.05) is 0 Å². The van der Waals surface area contributed by atoms with E-state index in [4.69, 9.17) is 10.3 Å². The largest absolute Gasteiger partial charge is 0.359 e. The highest BCUT2D eigenvalue weighted by Gasteiger charge is 2.13. The highest BCUT2D eigenvalue weighted by molar-refractivity contribution is 5.58. The van der Waals surface area contributed by atoms with E-state index >= 15 is 0 Å². The monoisotopic (exact) mass is 238 g/mol. The Morgan fingerprint density at radius 2 is 2.06 bits per heavy atom. The number of halogens is 2. The molecule has 0 spiro atoms. The van der Waals surface area contributed by atoms with Crippen molar-refractivity contribution in [2.24, 2.45) is 5.73 Å². The summed E-state index contributed by atoms with van der Waals surface area (Å²) in [5.74, 6) is -1.26. The van der Waals surface area contributed by atoms with Gasteiger partial charge in [-0.05, 0) is 24.6 Å². The van der Waals surface area contributed by atoms with Gasteiger partial charge in [0.15, 0.2) is 17.4 Å². The molecule has 5 heteroatoms. The first-order valence-electron chi connectivity index (χ1n) is 5.29. The molecule has 0 amide bonds. The quantitative estimate of drug-likeness (QED) is 0.894. The van der Waals surface area contributed by atoms with E-state index in [1.165, 1.54) is 6.07 Å². The number of benzene rings is 1. The summed E-state index contributed by atoms with van der Waals surface area (Å²) >= 11 is 0. The smallest absolute Gasteiger partial charge is 0.159 e. The zero-order valence-electron chi connectivity index (χ0n) is 9.28. The molecule has 1 aromatic heterocycles. The molecule has 0 aliphatic rings. The van der Waals surface area contributed by atoms with E-state index in [0.717, 1.165) is 12.1 Å². The molecule has 0 radical (unpaired) electrons. The van der Waals surface area contributed by atoms with Crippen LogP contribution in [0.1, 0.15) is 25.1 Å². The molecule has 1 unspecified atom stereocenters. The summed E-state index contributed by atoms with van der Waals surface area (Å²) in [6.45, 7) is 1.92. The third kappa shape index (κ3) is 2.34. The maximum atomic E-state index is 13.0. The molecule has 0 saturated carbocycles. The van der Waals surface area contributed by atoms with Gasteiger partial charge in [0.2, 0.25) is 0 Å². The number of hydrogen-bond donors (Lipinski definition) is 1. The van der Waals surface area contributed by atoms with Crippen LogP contribution in [0, 0.1) is 11.6 Å². The van der Waals surface area contributed by atoms with Crippen LogP contribution in [-0.4, -0.2) is 5.16 Å². The van der Waals surface area contributed by atoms with Crippen molar-refractivity contribution in [2.45, 2.75) is 19.4 Å². The first-order chi connectivity index (χ1) is 8.11. The number of aromatic nitrogens is 1. The Kier molecular flexibility index (Phi) is 3.19. The fraction of sp³-hybridized carbons (Fsp3) is 0.250. The number of nitrogens with two attached hydrogens (primary N) is 1. The van der Waals surface area contributed by atoms with E-state index in [1.807, 2.05) is 6.92 Å². The summed E-state index contributed by atoms with van der Waals surface area (Å²) in [5.41, 5.74) is 6.68. The van der Waals surface area contributed by atoms with Crippen molar-refractivity contribution in [3.63, 3.8) is 0 Å². The van der Waals surface area contributed by atoms with Crippen molar-refractivity contribution in [3.05, 3.63) is 41.7 Å². The highest BCUT2D eigenvalue weighted by atomic mass is 19.2. The van der Waals surface area contributed by atoms with Gasteiger partial charge in [0.25, 0.3) is 0 Å². The van der Waals surface area contributed by atoms with E-state index < -0.39 is 11.6 Å². The average Bonchev–Trinajstić information content (AvgIpc) is 2.81. The van der Waals surface area contributed by atoms with Crippen LogP contribution in [0.3, 0.4) is 0 Å². The van der Waals surface area contributed by atoms with Gasteiger partial charge in [-0.25, -0.2) is 8.78 Å². The summed E-state index contributed by atoms with van der Waals surface area (Å²) in [6.07, 6.45) is 0.715. The minimum atomic E-state index is -0.910. The molecule has 17 heavy (non-hydrogen) atoms. The van der Waals surface area contributed by atoms with Crippen molar-refractivity contribution >= 4 is 0 Å². The molecule has 0 aliphatic heterocycles. The van der Waals surface area contributed by atoms with Crippen molar-refractivity contribution in [1.29, 1.82) is 0 Å². The zero-order valence-corrected chi connectivity index (χ0v) is 9.28. The van der Waals surface area contributed by atoms with Gasteiger partial charge in [0.05, 0.1) is 6.04 Å². The second kappa shape index (κ2) is 4.63. The fourth-order valence-corrected chi connectivity index (χ4v) is 1.46. The maximum Gasteiger partial charge on any atom is 0.159 e. The number of nitrogens with zero attached hydrogens (tertiary/aromatic N) is 1. The molecular formula is C12H12F2N2O. The van der Waals surface area contributed by atoms with Gasteiger partial charge in [-0.2, -0.15) is 0 Å². The van der Waals surface area contributed by atoms with Gasteiger partial charge < -0.3 is 10.3 Å². The lowest BCUT2D eigenvalue weighted by molar-refractivity contribution is 0.360. The number of rotatable bonds is 3. The van der Waals surface area contributed by atoms with Gasteiger partial charge in [-0.1, -0.05) is 12.1 Å². The van der Waals surface area contributed by atoms with Crippen molar-refractivity contribution in [1.82, 2.24) is 5.16 Å². The molecule has 2 aromatic rings. The predicted molar refractivity (Wildman–Crippen MR) is 59.1 cm³/mol. The first-order valence-corrected chi connectivity index (χ1v) is 5.29. The van der Waals surface area contributed by atoms with Gasteiger partial charge in [0, 0.05) is 11.6 Å². The third-order valence-electron chi connectivity index (χ3n) is 2.55. The maximum absolute atomic E-state index is 13.0. The SMILES string of the molecule is CCC(N)c1cc(-c2ccc(F)c(F)c2)no1. The van der Waals surface area contributed by atoms with Crippen LogP contribution >= 0.6 is 0 Å². The molecule has 0 fully saturated rings. The lowest BCUT2D eigenvalue weighted by Crippen LogP contribution is -2.06. The minimum Gasteiger partial charge on any atom is -0.359 e. The van der Waals surface area contributed by atoms with Gasteiger partial charge in [-0.3, -0.25) is 0 Å². The van der Waals surface area contributed by atoms with E-state index in [2.05, 4.69) is 5.16 Å². The van der Waals surface area contributed by atoms with Crippen LogP contribution in [0.4, 0.5) is 8.78 Å². The standard InChI is InChI=1S/C12H12F2N2O/c1-2-10(15)12-6-11(16-17-12)7-3-4-8(13)9(14)5-7/h3-6,10H,2,15H2,1H3. The molecule has 3 nitrogen and oxygen atoms in total. The Bertz CT molecular complexity index is 525. The molecule has 0 bridgehead atoms. The molecule has 1 atom stereocenters. The third-order valence-corrected chi connectivity index (χ3v) is 2.55. The second-order valence-electron chi connectivity index (χ2n) is 3.76. The van der Waals surface area contributed by atoms with Crippen LogP contribution in [0.5, 0.6) is 0 Å². The Labute approximate surface area is 97.2 Å². The molecule has 1 heterocycles. The van der Waals surface area contributed by atoms with E-state index in [-0.39, 0.29) is 6.04 Å². The molecular weight excluding hydrogens is 226 g/mol. The lowest BCUT2D eigenvalue weighted by Gasteiger charge is -2.00. The summed E-state index contributed by atoms with van der Waals surface area (Å²) in [7, 11) is 0. The summed E-state index contributed by atoms with van der Waals surface area (Å²) in [5, 5.41) is 3.78. The molecule has 1 aromatic carbocycles. The highest BCUT2D eigenvalue weighted by Crippen LogP contribution is 2.24. The second-order valence-corrected chi connectivity index (χ2v) is 3.76. The lowest BCUT2D eigenvalue weighted by atomic mass is 10.1. The molecule has 0 saturated heterocycles. The van der Waals surface area contributed by atoms with Crippen molar-refractivity contribution in [3.8, 4) is 11.3 Å². The summed E-state index contributed by atoms with van der Waals surface area (Å²) in [4.78, 5) is 0. The summed E-state index contributed by atoms with van der Waals surface area (Å²) in [6, 6.07) is 4.98. The van der Waals surface area contributed by atoms with Crippen molar-refractivity contribution < 1.29 is 13.3 Å². The van der Waals surface area contributed by atoms with E-state index in [9.17, 15) is 8.78 Å². The summed E-state index contributed by atoms with van der Waals surface area (Å²) < 4.78 is 30.9. The molecule has 0 aliphatic carbocycles. The molecule has 2 N–H and O–H groups in total. The van der Waals surface area contributed by atoms with Crippen LogP contribution in [0.2, 0.25) is 0 Å². The zero-order chi connectivity index (χ0) is 12.4. The van der Waals surface area contributed by atoms with Gasteiger partial charge in [-0.15, -0.1) is 0 Å². The van der Waals surface area contributed by atoms with Crippen LogP contribution < -0.4 is 5.73 Å². The van der Waals surface area contributed by atoms with Crippen LogP contribution in [-0.2, 0) is 0 Å². The topological polar surface area (TPSA) is 52.0 Å². The fourth-order valence-electron chi connectivity index (χ4n) is 1.46. The average molecular weight is 238 g/mol. The normalized spacial score (nSPS) is 12.7. The Hall–Kier alpha value is -1.75. The number of hydrogen-bond acceptors (Lipinski definition) is 3. The minimum absolute atomic E-state index is 0.235. The molecule has 90 valence electrons. The Balaban J connectivity index is 2.33. The Morgan fingerprint density at radius 1 is 1.29 bits per heavy atom. The predicted octanol–water partition coefficient (Wildman–Crippen LogP) is 3.03. The Morgan fingerprint density at radius 3 is 2.71 bits per heavy atom.